The van der Waals surface area contributed by atoms with Gasteiger partial charge in [-0.05, 0) is 18.6 Å². The van der Waals surface area contributed by atoms with Crippen molar-refractivity contribution in [2.45, 2.75) is 19.1 Å². The lowest BCUT2D eigenvalue weighted by atomic mass is 9.93. The van der Waals surface area contributed by atoms with E-state index in [1.807, 2.05) is 0 Å². The van der Waals surface area contributed by atoms with Crippen molar-refractivity contribution in [2.24, 2.45) is 0 Å². The maximum absolute atomic E-state index is 10.9. The average molecular weight is 156 g/mol. The van der Waals surface area contributed by atoms with E-state index in [-0.39, 0.29) is 5.57 Å². The van der Waals surface area contributed by atoms with Gasteiger partial charge in [-0.1, -0.05) is 0 Å². The summed E-state index contributed by atoms with van der Waals surface area (Å²) in [5.74, 6) is -1.20. The maximum Gasteiger partial charge on any atom is 0.190 e. The van der Waals surface area contributed by atoms with Crippen molar-refractivity contribution in [3.63, 3.8) is 0 Å². The molecule has 0 unspecified atom stereocenters. The van der Waals surface area contributed by atoms with E-state index >= 15 is 0 Å². The number of rotatable bonds is 0. The zero-order valence-corrected chi connectivity index (χ0v) is 5.94. The van der Waals surface area contributed by atoms with Crippen LogP contribution in [-0.4, -0.2) is 34.0 Å². The van der Waals surface area contributed by atoms with Gasteiger partial charge in [0.05, 0.1) is 0 Å². The number of hydrogen-bond acceptors (Lipinski definition) is 4. The Kier molecular flexibility index (Phi) is 1.89. The van der Waals surface area contributed by atoms with E-state index in [9.17, 15) is 9.59 Å². The summed E-state index contributed by atoms with van der Waals surface area (Å²) < 4.78 is 0. The number of ketones is 2. The lowest BCUT2D eigenvalue weighted by Crippen LogP contribution is -2.43. The first-order chi connectivity index (χ1) is 5.04. The van der Waals surface area contributed by atoms with Crippen LogP contribution in [0.15, 0.2) is 11.6 Å². The fraction of sp³-hybridized carbons (Fsp3) is 0.429. The summed E-state index contributed by atoms with van der Waals surface area (Å²) in [6, 6.07) is 0. The summed E-state index contributed by atoms with van der Waals surface area (Å²) in [6.45, 7) is 1.43. The van der Waals surface area contributed by atoms with Crippen LogP contribution in [-0.2, 0) is 9.59 Å². The minimum absolute atomic E-state index is 0.188. The standard InChI is InChI=1S/C7H8O4/c1-3-2-4(8)6(10)7(11)5(3)9/h2,6-7,10-11H,1H3/t6-,7+/m0/s1. The van der Waals surface area contributed by atoms with Crippen molar-refractivity contribution in [2.75, 3.05) is 0 Å². The molecule has 0 aromatic heterocycles. The topological polar surface area (TPSA) is 74.6 Å². The quantitative estimate of drug-likeness (QED) is 0.462. The summed E-state index contributed by atoms with van der Waals surface area (Å²) in [6.07, 6.45) is -2.11. The van der Waals surface area contributed by atoms with Gasteiger partial charge in [-0.15, -0.1) is 0 Å². The third-order valence-electron chi connectivity index (χ3n) is 1.61. The van der Waals surface area contributed by atoms with Crippen LogP contribution in [0.3, 0.4) is 0 Å². The first-order valence-corrected chi connectivity index (χ1v) is 3.16. The van der Waals surface area contributed by atoms with Gasteiger partial charge in [0.25, 0.3) is 0 Å². The number of carbonyl (C=O) groups is 2. The van der Waals surface area contributed by atoms with Gasteiger partial charge in [0.15, 0.2) is 11.6 Å². The molecular weight excluding hydrogens is 148 g/mol. The number of hydrogen-bond donors (Lipinski definition) is 2. The Morgan fingerprint density at radius 2 is 1.82 bits per heavy atom. The predicted molar refractivity (Wildman–Crippen MR) is 35.8 cm³/mol. The van der Waals surface area contributed by atoms with Crippen LogP contribution in [0.25, 0.3) is 0 Å². The highest BCUT2D eigenvalue weighted by molar-refractivity contribution is 6.12. The fourth-order valence-electron chi connectivity index (χ4n) is 0.902. The number of Topliss-reactive ketones (excluding diaryl/α,β-unsaturated/α-hetero) is 1. The zero-order valence-electron chi connectivity index (χ0n) is 5.94. The molecular formula is C7H8O4. The van der Waals surface area contributed by atoms with Crippen LogP contribution in [0, 0.1) is 0 Å². The molecule has 0 aromatic carbocycles. The summed E-state index contributed by atoms with van der Waals surface area (Å²) in [4.78, 5) is 21.6. The van der Waals surface area contributed by atoms with Crippen LogP contribution in [0.2, 0.25) is 0 Å². The molecule has 1 aliphatic carbocycles. The first kappa shape index (κ1) is 8.10. The van der Waals surface area contributed by atoms with E-state index in [0.717, 1.165) is 6.08 Å². The van der Waals surface area contributed by atoms with E-state index < -0.39 is 23.8 Å². The van der Waals surface area contributed by atoms with Gasteiger partial charge in [-0.3, -0.25) is 9.59 Å². The lowest BCUT2D eigenvalue weighted by molar-refractivity contribution is -0.140. The van der Waals surface area contributed by atoms with Crippen LogP contribution < -0.4 is 0 Å². The van der Waals surface area contributed by atoms with E-state index in [2.05, 4.69) is 0 Å². The second-order valence-electron chi connectivity index (χ2n) is 2.48. The summed E-state index contributed by atoms with van der Waals surface area (Å²) in [5.41, 5.74) is 0.188. The van der Waals surface area contributed by atoms with Crippen LogP contribution in [0.4, 0.5) is 0 Å². The largest absolute Gasteiger partial charge is 0.382 e. The lowest BCUT2D eigenvalue weighted by Gasteiger charge is -2.18. The molecule has 2 N–H and O–H groups in total. The fourth-order valence-corrected chi connectivity index (χ4v) is 0.902. The molecule has 2 atom stereocenters. The Morgan fingerprint density at radius 1 is 1.27 bits per heavy atom. The van der Waals surface area contributed by atoms with Gasteiger partial charge in [0, 0.05) is 0 Å². The molecule has 0 spiro atoms. The molecule has 60 valence electrons. The molecule has 0 fully saturated rings. The molecule has 0 saturated carbocycles. The van der Waals surface area contributed by atoms with Crippen molar-refractivity contribution >= 4 is 11.6 Å². The first-order valence-electron chi connectivity index (χ1n) is 3.16. The average Bonchev–Trinajstić information content (AvgIpc) is 1.97. The van der Waals surface area contributed by atoms with Crippen molar-refractivity contribution in [3.05, 3.63) is 11.6 Å². The van der Waals surface area contributed by atoms with Gasteiger partial charge in [0.2, 0.25) is 0 Å². The minimum Gasteiger partial charge on any atom is -0.382 e. The summed E-state index contributed by atoms with van der Waals surface area (Å²) in [7, 11) is 0. The Bertz CT molecular complexity index is 241. The van der Waals surface area contributed by atoms with Gasteiger partial charge >= 0.3 is 0 Å². The molecule has 1 aliphatic rings. The molecule has 4 heteroatoms. The van der Waals surface area contributed by atoms with Crippen LogP contribution >= 0.6 is 0 Å². The molecule has 0 heterocycles. The van der Waals surface area contributed by atoms with Crippen LogP contribution in [0.1, 0.15) is 6.92 Å². The predicted octanol–water partition coefficient (Wildman–Crippen LogP) is -1.19. The maximum atomic E-state index is 10.9. The number of carbonyl (C=O) groups excluding carboxylic acids is 2. The molecule has 0 bridgehead atoms. The molecule has 0 aliphatic heterocycles. The third kappa shape index (κ3) is 1.22. The zero-order chi connectivity index (χ0) is 8.59. The molecule has 1 rings (SSSR count). The van der Waals surface area contributed by atoms with Gasteiger partial charge in [0.1, 0.15) is 12.2 Å². The van der Waals surface area contributed by atoms with Gasteiger partial charge in [-0.25, -0.2) is 0 Å². The Labute approximate surface area is 63.1 Å². The summed E-state index contributed by atoms with van der Waals surface area (Å²) in [5, 5.41) is 17.8. The molecule has 0 saturated heterocycles. The Hall–Kier alpha value is -1.00. The second-order valence-corrected chi connectivity index (χ2v) is 2.48. The van der Waals surface area contributed by atoms with E-state index in [4.69, 9.17) is 10.2 Å². The number of aliphatic hydroxyl groups is 2. The second kappa shape index (κ2) is 2.56. The Morgan fingerprint density at radius 3 is 2.36 bits per heavy atom. The normalized spacial score (nSPS) is 32.1. The van der Waals surface area contributed by atoms with Crippen molar-refractivity contribution in [3.8, 4) is 0 Å². The molecule has 4 nitrogen and oxygen atoms in total. The molecule has 11 heavy (non-hydrogen) atoms. The molecule has 0 radical (unpaired) electrons. The summed E-state index contributed by atoms with van der Waals surface area (Å²) >= 11 is 0. The monoisotopic (exact) mass is 156 g/mol. The van der Waals surface area contributed by atoms with Crippen molar-refractivity contribution in [1.82, 2.24) is 0 Å². The van der Waals surface area contributed by atoms with Crippen molar-refractivity contribution in [1.29, 1.82) is 0 Å². The van der Waals surface area contributed by atoms with E-state index in [1.165, 1.54) is 6.92 Å². The number of aliphatic hydroxyl groups excluding tert-OH is 2. The van der Waals surface area contributed by atoms with Gasteiger partial charge < -0.3 is 10.2 Å². The van der Waals surface area contributed by atoms with Gasteiger partial charge in [-0.2, -0.15) is 0 Å². The highest BCUT2D eigenvalue weighted by atomic mass is 16.3. The highest BCUT2D eigenvalue weighted by Crippen LogP contribution is 2.11. The smallest absolute Gasteiger partial charge is 0.190 e. The molecule has 0 amide bonds. The van der Waals surface area contributed by atoms with Crippen LogP contribution in [0.5, 0.6) is 0 Å². The highest BCUT2D eigenvalue weighted by Gasteiger charge is 2.33. The SMILES string of the molecule is CC1=CC(=O)[C@H](O)[C@H](O)C1=O. The van der Waals surface area contributed by atoms with Crippen molar-refractivity contribution < 1.29 is 19.8 Å². The molecule has 0 aromatic rings. The third-order valence-corrected chi connectivity index (χ3v) is 1.61. The van der Waals surface area contributed by atoms with E-state index in [1.54, 1.807) is 0 Å². The Balaban J connectivity index is 3.01. The van der Waals surface area contributed by atoms with E-state index in [0.29, 0.717) is 0 Å². The minimum atomic E-state index is -1.58.